The first-order valence-corrected chi connectivity index (χ1v) is 35.9. The monoisotopic (exact) mass is 1330 g/mol. The summed E-state index contributed by atoms with van der Waals surface area (Å²) >= 11 is 0. The Balaban J connectivity index is 0.759. The molecule has 0 amide bonds. The van der Waals surface area contributed by atoms with Crippen LogP contribution in [0.1, 0.15) is 55.6 Å². The third-order valence-corrected chi connectivity index (χ3v) is 22.3. The molecule has 0 unspecified atom stereocenters. The summed E-state index contributed by atoms with van der Waals surface area (Å²) in [6.07, 6.45) is 0. The van der Waals surface area contributed by atoms with Gasteiger partial charge >= 0.3 is 0 Å². The minimum atomic E-state index is -0.602. The van der Waals surface area contributed by atoms with Crippen molar-refractivity contribution in [3.63, 3.8) is 0 Å². The summed E-state index contributed by atoms with van der Waals surface area (Å²) in [5.74, 6) is 0. The molecule has 0 spiro atoms. The van der Waals surface area contributed by atoms with Crippen molar-refractivity contribution in [2.75, 3.05) is 9.80 Å². The molecule has 0 N–H and O–H groups in total. The van der Waals surface area contributed by atoms with Crippen LogP contribution in [0.15, 0.2) is 385 Å². The maximum absolute atomic E-state index is 6.44. The zero-order chi connectivity index (χ0) is 69.0. The Morgan fingerprint density at radius 1 is 0.212 bits per heavy atom. The van der Waals surface area contributed by atoms with Gasteiger partial charge in [-0.25, -0.2) is 0 Å². The van der Waals surface area contributed by atoms with Crippen molar-refractivity contribution in [3.05, 3.63) is 432 Å². The average molecular weight is 1330 g/mol. The number of benzene rings is 16. The number of hydrogen-bond acceptors (Lipinski definition) is 4. The fourth-order valence-electron chi connectivity index (χ4n) is 17.7. The fourth-order valence-corrected chi connectivity index (χ4v) is 17.7. The van der Waals surface area contributed by atoms with Crippen LogP contribution in [-0.4, -0.2) is 0 Å². The van der Waals surface area contributed by atoms with E-state index < -0.39 is 10.8 Å². The van der Waals surface area contributed by atoms with Crippen LogP contribution < -0.4 is 9.80 Å². The molecule has 0 radical (unpaired) electrons. The quantitative estimate of drug-likeness (QED) is 0.115. The Morgan fingerprint density at radius 3 is 0.923 bits per heavy atom. The summed E-state index contributed by atoms with van der Waals surface area (Å²) in [6, 6.07) is 139. The van der Waals surface area contributed by atoms with E-state index in [1.807, 2.05) is 12.1 Å². The molecular formula is C100H68N2O2. The highest BCUT2D eigenvalue weighted by molar-refractivity contribution is 6.09. The van der Waals surface area contributed by atoms with Gasteiger partial charge in [0.2, 0.25) is 0 Å². The van der Waals surface area contributed by atoms with Gasteiger partial charge in [0, 0.05) is 55.4 Å². The smallest absolute Gasteiger partial charge is 0.135 e. The van der Waals surface area contributed by atoms with E-state index in [-0.39, 0.29) is 0 Å². The number of anilines is 6. The third kappa shape index (κ3) is 9.31. The predicted molar refractivity (Wildman–Crippen MR) is 431 cm³/mol. The molecule has 104 heavy (non-hydrogen) atoms. The van der Waals surface area contributed by atoms with Crippen molar-refractivity contribution in [1.82, 2.24) is 0 Å². The molecule has 2 aliphatic carbocycles. The molecule has 490 valence electrons. The molecule has 20 rings (SSSR count). The second-order valence-electron chi connectivity index (χ2n) is 27.8. The molecule has 2 heterocycles. The van der Waals surface area contributed by atoms with Gasteiger partial charge in [-0.3, -0.25) is 0 Å². The molecular weight excluding hydrogens is 1260 g/mol. The van der Waals surface area contributed by atoms with E-state index in [0.717, 1.165) is 123 Å². The number of rotatable bonds is 13. The first-order chi connectivity index (χ1) is 51.4. The molecule has 16 aromatic carbocycles. The number of furan rings is 2. The summed E-state index contributed by atoms with van der Waals surface area (Å²) in [4.78, 5) is 5.01. The number of hydrogen-bond donors (Lipinski definition) is 0. The zero-order valence-electron chi connectivity index (χ0n) is 57.5. The van der Waals surface area contributed by atoms with Crippen LogP contribution in [0.4, 0.5) is 34.1 Å². The van der Waals surface area contributed by atoms with E-state index >= 15 is 0 Å². The van der Waals surface area contributed by atoms with Crippen LogP contribution in [0, 0.1) is 13.8 Å². The summed E-state index contributed by atoms with van der Waals surface area (Å²) in [5, 5.41) is 4.38. The van der Waals surface area contributed by atoms with E-state index in [1.54, 1.807) is 0 Å². The van der Waals surface area contributed by atoms with Crippen molar-refractivity contribution < 1.29 is 8.83 Å². The van der Waals surface area contributed by atoms with Crippen LogP contribution in [0.5, 0.6) is 0 Å². The van der Waals surface area contributed by atoms with E-state index in [0.29, 0.717) is 0 Å². The highest BCUT2D eigenvalue weighted by Gasteiger charge is 2.48. The molecule has 2 aliphatic rings. The molecule has 0 atom stereocenters. The highest BCUT2D eigenvalue weighted by Crippen LogP contribution is 2.60. The normalized spacial score (nSPS) is 13.1. The second kappa shape index (κ2) is 24.2. The minimum absolute atomic E-state index is 0.602. The summed E-state index contributed by atoms with van der Waals surface area (Å²) in [6.45, 7) is 4.56. The fraction of sp³-hybridized carbons (Fsp3) is 0.0400. The lowest BCUT2D eigenvalue weighted by atomic mass is 9.67. The van der Waals surface area contributed by atoms with E-state index in [1.165, 1.54) is 66.8 Å². The Kier molecular flexibility index (Phi) is 14.1. The van der Waals surface area contributed by atoms with Crippen LogP contribution in [0.3, 0.4) is 0 Å². The van der Waals surface area contributed by atoms with Crippen LogP contribution in [0.25, 0.3) is 99.5 Å². The number of fused-ring (bicyclic) bond motifs is 12. The lowest BCUT2D eigenvalue weighted by molar-refractivity contribution is 0.668. The second-order valence-corrected chi connectivity index (χ2v) is 27.8. The molecule has 2 aromatic heterocycles. The van der Waals surface area contributed by atoms with Gasteiger partial charge in [-0.15, -0.1) is 0 Å². The lowest BCUT2D eigenvalue weighted by Crippen LogP contribution is -2.28. The Hall–Kier alpha value is -13.3. The van der Waals surface area contributed by atoms with E-state index in [2.05, 4.69) is 388 Å². The highest BCUT2D eigenvalue weighted by atomic mass is 16.3. The molecule has 4 nitrogen and oxygen atoms in total. The third-order valence-electron chi connectivity index (χ3n) is 22.3. The van der Waals surface area contributed by atoms with Gasteiger partial charge in [0.1, 0.15) is 22.3 Å². The molecule has 0 fully saturated rings. The largest absolute Gasteiger partial charge is 0.456 e. The van der Waals surface area contributed by atoms with Crippen LogP contribution >= 0.6 is 0 Å². The predicted octanol–water partition coefficient (Wildman–Crippen LogP) is 26.8. The van der Waals surface area contributed by atoms with Gasteiger partial charge in [0.15, 0.2) is 0 Å². The minimum Gasteiger partial charge on any atom is -0.456 e. The Bertz CT molecular complexity index is 5930. The summed E-state index contributed by atoms with van der Waals surface area (Å²) in [7, 11) is 0. The molecule has 18 aromatic rings. The maximum Gasteiger partial charge on any atom is 0.135 e. The SMILES string of the molecule is Cc1cc(-c2ccc(N(c3ccc4c(c3)C(c3ccccc3)(c3ccccc3)c3ccccc3-4)c3ccccc3-c3ccc4oc5ccccc5c4c3)c(C)c2)ccc1N(c1ccc2c(c1)C(c1ccccc1)(c1ccccc1)c1ccccc1-2)c1ccccc1-c1ccc2oc3ccccc3c2c1. The van der Waals surface area contributed by atoms with Crippen LogP contribution in [-0.2, 0) is 10.8 Å². The van der Waals surface area contributed by atoms with Gasteiger partial charge in [-0.2, -0.15) is 0 Å². The number of aryl methyl sites for hydroxylation is 2. The van der Waals surface area contributed by atoms with Crippen molar-refractivity contribution in [1.29, 1.82) is 0 Å². The van der Waals surface area contributed by atoms with Crippen LogP contribution in [0.2, 0.25) is 0 Å². The average Bonchev–Trinajstić information content (AvgIpc) is 1.53. The van der Waals surface area contributed by atoms with Crippen molar-refractivity contribution in [2.45, 2.75) is 24.7 Å². The summed E-state index contributed by atoms with van der Waals surface area (Å²) < 4.78 is 12.9. The van der Waals surface area contributed by atoms with Gasteiger partial charge < -0.3 is 18.6 Å². The first kappa shape index (κ1) is 60.7. The molecule has 0 saturated carbocycles. The lowest BCUT2D eigenvalue weighted by Gasteiger charge is -2.35. The van der Waals surface area contributed by atoms with Gasteiger partial charge in [-0.05, 0) is 211 Å². The van der Waals surface area contributed by atoms with Crippen molar-refractivity contribution >= 4 is 78.0 Å². The molecule has 0 bridgehead atoms. The van der Waals surface area contributed by atoms with E-state index in [9.17, 15) is 0 Å². The van der Waals surface area contributed by atoms with Crippen molar-refractivity contribution in [2.24, 2.45) is 0 Å². The van der Waals surface area contributed by atoms with Gasteiger partial charge in [0.05, 0.1) is 22.2 Å². The molecule has 0 aliphatic heterocycles. The molecule has 4 heteroatoms. The molecule has 0 saturated heterocycles. The maximum atomic E-state index is 6.44. The van der Waals surface area contributed by atoms with Gasteiger partial charge in [0.25, 0.3) is 0 Å². The standard InChI is InChI=1S/C100H68N2O2/c1-65-59-67(47-55-91(65)101(93-43-23-17-35-77(93)69-49-57-97-85(61-69)83-39-19-25-45-95(83)103-97)75-51-53-81-79-37-15-21-41-87(79)99(89(81)63-75,71-27-7-3-8-28-71)72-29-9-4-10-30-72)68-48-56-92(66(2)60-68)102(94-44-24-18-36-78(94)70-50-58-98-86(62-70)84-40-20-26-46-96(84)104-98)76-52-54-82-80-38-16-22-42-88(80)100(90(82)64-76,73-31-11-5-12-32-73)74-33-13-6-14-34-74/h3-64H,1-2H3. The zero-order valence-corrected chi connectivity index (χ0v) is 57.5. The number of para-hydroxylation sites is 4. The van der Waals surface area contributed by atoms with Gasteiger partial charge in [-0.1, -0.05) is 279 Å². The first-order valence-electron chi connectivity index (χ1n) is 35.9. The Morgan fingerprint density at radius 2 is 0.529 bits per heavy atom. The summed E-state index contributed by atoms with van der Waals surface area (Å²) in [5.41, 5.74) is 32.5. The van der Waals surface area contributed by atoms with Crippen molar-refractivity contribution in [3.8, 4) is 55.6 Å². The topological polar surface area (TPSA) is 32.8 Å². The number of nitrogens with zero attached hydrogens (tertiary/aromatic N) is 2. The Labute approximate surface area is 604 Å². The van der Waals surface area contributed by atoms with E-state index in [4.69, 9.17) is 8.83 Å².